The van der Waals surface area contributed by atoms with E-state index in [9.17, 15) is 5.11 Å². The molecule has 1 aromatic carbocycles. The van der Waals surface area contributed by atoms with Gasteiger partial charge in [0, 0.05) is 19.1 Å². The van der Waals surface area contributed by atoms with Gasteiger partial charge in [0.1, 0.15) is 0 Å². The van der Waals surface area contributed by atoms with Gasteiger partial charge < -0.3 is 10.8 Å². The predicted octanol–water partition coefficient (Wildman–Crippen LogP) is 1.66. The number of aliphatic hydroxyl groups is 1. The number of aliphatic hydroxyl groups excluding tert-OH is 1. The summed E-state index contributed by atoms with van der Waals surface area (Å²) >= 11 is 0. The van der Waals surface area contributed by atoms with Gasteiger partial charge in [-0.1, -0.05) is 25.1 Å². The summed E-state index contributed by atoms with van der Waals surface area (Å²) in [7, 11) is 0. The first-order valence-corrected chi connectivity index (χ1v) is 6.79. The first-order valence-electron chi connectivity index (χ1n) is 6.79. The maximum atomic E-state index is 9.48. The normalized spacial score (nSPS) is 24.7. The van der Waals surface area contributed by atoms with Crippen LogP contribution < -0.4 is 5.73 Å². The topological polar surface area (TPSA) is 49.5 Å². The molecular weight excluding hydrogens is 224 g/mol. The molecule has 1 fully saturated rings. The molecule has 0 aromatic heterocycles. The molecule has 0 amide bonds. The van der Waals surface area contributed by atoms with Gasteiger partial charge >= 0.3 is 0 Å². The zero-order valence-electron chi connectivity index (χ0n) is 11.4. The second-order valence-corrected chi connectivity index (χ2v) is 5.45. The molecular formula is C15H24N2O. The minimum Gasteiger partial charge on any atom is -0.395 e. The monoisotopic (exact) mass is 248 g/mol. The number of aryl methyl sites for hydroxylation is 1. The lowest BCUT2D eigenvalue weighted by atomic mass is 10.0. The van der Waals surface area contributed by atoms with Gasteiger partial charge in [-0.05, 0) is 42.5 Å². The molecule has 3 heteroatoms. The maximum absolute atomic E-state index is 9.48. The van der Waals surface area contributed by atoms with Crippen molar-refractivity contribution in [3.63, 3.8) is 0 Å². The quantitative estimate of drug-likeness (QED) is 0.852. The van der Waals surface area contributed by atoms with Crippen molar-refractivity contribution < 1.29 is 5.11 Å². The van der Waals surface area contributed by atoms with Gasteiger partial charge in [-0.2, -0.15) is 0 Å². The Morgan fingerprint density at radius 1 is 1.44 bits per heavy atom. The van der Waals surface area contributed by atoms with Crippen LogP contribution in [-0.4, -0.2) is 29.2 Å². The average Bonchev–Trinajstić information content (AvgIpc) is 2.72. The van der Waals surface area contributed by atoms with E-state index in [1.54, 1.807) is 0 Å². The molecule has 0 spiro atoms. The number of likely N-dealkylation sites (tertiary alicyclic amines) is 1. The van der Waals surface area contributed by atoms with Crippen LogP contribution in [0.1, 0.15) is 30.0 Å². The van der Waals surface area contributed by atoms with Crippen LogP contribution >= 0.6 is 0 Å². The molecule has 1 aliphatic rings. The van der Waals surface area contributed by atoms with E-state index in [0.717, 1.165) is 13.1 Å². The highest BCUT2D eigenvalue weighted by Gasteiger charge is 2.30. The minimum atomic E-state index is 0.265. The zero-order valence-corrected chi connectivity index (χ0v) is 11.4. The number of nitrogens with zero attached hydrogens (tertiary/aromatic N) is 1. The number of benzene rings is 1. The van der Waals surface area contributed by atoms with Crippen molar-refractivity contribution in [2.24, 2.45) is 11.7 Å². The Bertz CT molecular complexity index is 405. The second-order valence-electron chi connectivity index (χ2n) is 5.45. The molecule has 0 aliphatic carbocycles. The number of nitrogens with two attached hydrogens (primary N) is 1. The SMILES string of the molecule is Cc1cc(CN)ccc1CN1CCC(C)C1CO. The Hall–Kier alpha value is -0.900. The number of rotatable bonds is 4. The van der Waals surface area contributed by atoms with E-state index in [2.05, 4.69) is 36.9 Å². The fourth-order valence-electron chi connectivity index (χ4n) is 2.86. The molecule has 3 N–H and O–H groups in total. The molecule has 1 saturated heterocycles. The van der Waals surface area contributed by atoms with Crippen LogP contribution in [0, 0.1) is 12.8 Å². The largest absolute Gasteiger partial charge is 0.395 e. The molecule has 0 saturated carbocycles. The van der Waals surface area contributed by atoms with Crippen molar-refractivity contribution in [2.75, 3.05) is 13.2 Å². The van der Waals surface area contributed by atoms with Crippen LogP contribution in [0.4, 0.5) is 0 Å². The second kappa shape index (κ2) is 5.83. The summed E-state index contributed by atoms with van der Waals surface area (Å²) in [5.41, 5.74) is 9.48. The first kappa shape index (κ1) is 13.5. The molecule has 0 bridgehead atoms. The summed E-state index contributed by atoms with van der Waals surface area (Å²) in [6.07, 6.45) is 1.19. The highest BCUT2D eigenvalue weighted by Crippen LogP contribution is 2.26. The third-order valence-corrected chi connectivity index (χ3v) is 4.20. The van der Waals surface area contributed by atoms with E-state index in [1.807, 2.05) is 0 Å². The smallest absolute Gasteiger partial charge is 0.0589 e. The van der Waals surface area contributed by atoms with Crippen LogP contribution in [0.15, 0.2) is 18.2 Å². The fraction of sp³-hybridized carbons (Fsp3) is 0.600. The molecule has 0 radical (unpaired) electrons. The molecule has 2 atom stereocenters. The van der Waals surface area contributed by atoms with Crippen LogP contribution in [0.25, 0.3) is 0 Å². The molecule has 2 rings (SSSR count). The molecule has 1 aromatic rings. The van der Waals surface area contributed by atoms with E-state index < -0.39 is 0 Å². The summed E-state index contributed by atoms with van der Waals surface area (Å²) in [5, 5.41) is 9.48. The van der Waals surface area contributed by atoms with E-state index in [0.29, 0.717) is 18.5 Å². The third kappa shape index (κ3) is 2.74. The maximum Gasteiger partial charge on any atom is 0.0589 e. The Kier molecular flexibility index (Phi) is 4.38. The van der Waals surface area contributed by atoms with E-state index >= 15 is 0 Å². The predicted molar refractivity (Wildman–Crippen MR) is 74.1 cm³/mol. The first-order chi connectivity index (χ1) is 8.65. The highest BCUT2D eigenvalue weighted by molar-refractivity contribution is 5.31. The summed E-state index contributed by atoms with van der Waals surface area (Å²) in [4.78, 5) is 2.40. The molecule has 18 heavy (non-hydrogen) atoms. The van der Waals surface area contributed by atoms with Crippen LogP contribution in [0.5, 0.6) is 0 Å². The zero-order chi connectivity index (χ0) is 13.1. The van der Waals surface area contributed by atoms with Crippen molar-refractivity contribution in [3.05, 3.63) is 34.9 Å². The van der Waals surface area contributed by atoms with Gasteiger partial charge in [-0.3, -0.25) is 4.90 Å². The minimum absolute atomic E-state index is 0.265. The van der Waals surface area contributed by atoms with Gasteiger partial charge in [0.15, 0.2) is 0 Å². The van der Waals surface area contributed by atoms with Crippen molar-refractivity contribution >= 4 is 0 Å². The van der Waals surface area contributed by atoms with Gasteiger partial charge in [0.2, 0.25) is 0 Å². The highest BCUT2D eigenvalue weighted by atomic mass is 16.3. The molecule has 1 heterocycles. The Morgan fingerprint density at radius 2 is 2.22 bits per heavy atom. The average molecular weight is 248 g/mol. The van der Waals surface area contributed by atoms with Gasteiger partial charge in [-0.25, -0.2) is 0 Å². The molecule has 2 unspecified atom stereocenters. The Morgan fingerprint density at radius 3 is 2.83 bits per heavy atom. The lowest BCUT2D eigenvalue weighted by Gasteiger charge is -2.25. The lowest BCUT2D eigenvalue weighted by molar-refractivity contribution is 0.134. The molecule has 3 nitrogen and oxygen atoms in total. The van der Waals surface area contributed by atoms with Crippen molar-refractivity contribution in [3.8, 4) is 0 Å². The summed E-state index contributed by atoms with van der Waals surface area (Å²) in [6.45, 7) is 7.26. The van der Waals surface area contributed by atoms with Gasteiger partial charge in [0.25, 0.3) is 0 Å². The van der Waals surface area contributed by atoms with Gasteiger partial charge in [0.05, 0.1) is 6.61 Å². The summed E-state index contributed by atoms with van der Waals surface area (Å²) in [5.74, 6) is 0.596. The molecule has 100 valence electrons. The van der Waals surface area contributed by atoms with Crippen LogP contribution in [0.3, 0.4) is 0 Å². The standard InChI is InChI=1S/C15H24N2O/c1-11-5-6-17(15(11)10-18)9-14-4-3-13(8-16)7-12(14)2/h3-4,7,11,15,18H,5-6,8-10,16H2,1-2H3. The van der Waals surface area contributed by atoms with E-state index in [-0.39, 0.29) is 6.61 Å². The van der Waals surface area contributed by atoms with Gasteiger partial charge in [-0.15, -0.1) is 0 Å². The number of hydrogen-bond donors (Lipinski definition) is 2. The summed E-state index contributed by atoms with van der Waals surface area (Å²) in [6, 6.07) is 6.77. The Balaban J connectivity index is 2.09. The van der Waals surface area contributed by atoms with Crippen molar-refractivity contribution in [1.29, 1.82) is 0 Å². The van der Waals surface area contributed by atoms with E-state index in [1.165, 1.54) is 23.1 Å². The van der Waals surface area contributed by atoms with Crippen molar-refractivity contribution in [1.82, 2.24) is 4.90 Å². The molecule has 1 aliphatic heterocycles. The fourth-order valence-corrected chi connectivity index (χ4v) is 2.86. The third-order valence-electron chi connectivity index (χ3n) is 4.20. The number of hydrogen-bond acceptors (Lipinski definition) is 3. The summed E-state index contributed by atoms with van der Waals surface area (Å²) < 4.78 is 0. The van der Waals surface area contributed by atoms with Crippen molar-refractivity contribution in [2.45, 2.75) is 39.4 Å². The van der Waals surface area contributed by atoms with Crippen LogP contribution in [-0.2, 0) is 13.1 Å². The van der Waals surface area contributed by atoms with E-state index in [4.69, 9.17) is 5.73 Å². The van der Waals surface area contributed by atoms with Crippen LogP contribution in [0.2, 0.25) is 0 Å². The lowest BCUT2D eigenvalue weighted by Crippen LogP contribution is -2.34. The Labute approximate surface area is 110 Å².